The van der Waals surface area contributed by atoms with Crippen molar-refractivity contribution in [2.24, 2.45) is 0 Å². The number of amides is 1. The molecule has 1 unspecified atom stereocenters. The van der Waals surface area contributed by atoms with Crippen LogP contribution in [0.3, 0.4) is 0 Å². The number of aromatic hydroxyl groups is 1. The van der Waals surface area contributed by atoms with E-state index in [0.717, 1.165) is 22.1 Å². The SMILES string of the molecule is CC(C(=O)N1CCOc2c(O)cc(-c3csc4ccccc34)cc2C1)N(C)C. The number of rotatable bonds is 3. The Labute approximate surface area is 168 Å². The van der Waals surface area contributed by atoms with E-state index in [9.17, 15) is 9.90 Å². The Balaban J connectivity index is 1.73. The van der Waals surface area contributed by atoms with Gasteiger partial charge in [0, 0.05) is 27.8 Å². The van der Waals surface area contributed by atoms with Crippen LogP contribution in [0.1, 0.15) is 12.5 Å². The van der Waals surface area contributed by atoms with E-state index in [1.54, 1.807) is 17.4 Å². The summed E-state index contributed by atoms with van der Waals surface area (Å²) >= 11 is 1.69. The molecule has 1 atom stereocenters. The maximum atomic E-state index is 12.8. The first kappa shape index (κ1) is 18.8. The number of thiophene rings is 1. The summed E-state index contributed by atoms with van der Waals surface area (Å²) in [7, 11) is 3.80. The first-order valence-electron chi connectivity index (χ1n) is 9.36. The Morgan fingerprint density at radius 2 is 2.07 bits per heavy atom. The number of likely N-dealkylation sites (N-methyl/N-ethyl adjacent to an activating group) is 1. The van der Waals surface area contributed by atoms with Crippen molar-refractivity contribution in [2.45, 2.75) is 19.5 Å². The van der Waals surface area contributed by atoms with Gasteiger partial charge in [-0.1, -0.05) is 18.2 Å². The van der Waals surface area contributed by atoms with Crippen LogP contribution in [-0.2, 0) is 11.3 Å². The van der Waals surface area contributed by atoms with Gasteiger partial charge in [-0.2, -0.15) is 0 Å². The highest BCUT2D eigenvalue weighted by Gasteiger charge is 2.27. The predicted molar refractivity (Wildman–Crippen MR) is 113 cm³/mol. The van der Waals surface area contributed by atoms with E-state index in [1.807, 2.05) is 49.0 Å². The largest absolute Gasteiger partial charge is 0.504 e. The van der Waals surface area contributed by atoms with Crippen molar-refractivity contribution < 1.29 is 14.6 Å². The van der Waals surface area contributed by atoms with E-state index in [0.29, 0.717) is 25.4 Å². The number of nitrogens with zero attached hydrogens (tertiary/aromatic N) is 2. The van der Waals surface area contributed by atoms with Gasteiger partial charge in [-0.05, 0) is 50.2 Å². The summed E-state index contributed by atoms with van der Waals surface area (Å²) in [6.45, 7) is 3.20. The standard InChI is InChI=1S/C22H24N2O3S/c1-14(23(2)3)22(26)24-8-9-27-21-16(12-24)10-15(11-19(21)25)18-13-28-20-7-5-4-6-17(18)20/h4-7,10-11,13-14,25H,8-9,12H2,1-3H3. The number of phenolic OH excluding ortho intramolecular Hbond substituents is 1. The van der Waals surface area contributed by atoms with Crippen molar-refractivity contribution in [2.75, 3.05) is 27.2 Å². The Bertz CT molecular complexity index is 1030. The van der Waals surface area contributed by atoms with Crippen LogP contribution in [0.4, 0.5) is 0 Å². The number of hydrogen-bond donors (Lipinski definition) is 1. The molecule has 4 rings (SSSR count). The average molecular weight is 397 g/mol. The smallest absolute Gasteiger partial charge is 0.240 e. The van der Waals surface area contributed by atoms with Crippen LogP contribution in [0.2, 0.25) is 0 Å². The molecule has 1 aliphatic rings. The molecule has 0 saturated heterocycles. The molecule has 0 fully saturated rings. The molecule has 0 saturated carbocycles. The monoisotopic (exact) mass is 396 g/mol. The highest BCUT2D eigenvalue weighted by atomic mass is 32.1. The van der Waals surface area contributed by atoms with Gasteiger partial charge in [0.05, 0.1) is 12.6 Å². The Hall–Kier alpha value is -2.57. The number of hydrogen-bond acceptors (Lipinski definition) is 5. The third-order valence-electron chi connectivity index (χ3n) is 5.35. The minimum Gasteiger partial charge on any atom is -0.504 e. The summed E-state index contributed by atoms with van der Waals surface area (Å²) in [5, 5.41) is 13.9. The van der Waals surface area contributed by atoms with Gasteiger partial charge in [0.1, 0.15) is 6.61 Å². The molecule has 5 nitrogen and oxygen atoms in total. The normalized spacial score (nSPS) is 15.2. The fraction of sp³-hybridized carbons (Fsp3) is 0.318. The van der Waals surface area contributed by atoms with Crippen LogP contribution >= 0.6 is 11.3 Å². The minimum absolute atomic E-state index is 0.0623. The highest BCUT2D eigenvalue weighted by molar-refractivity contribution is 7.17. The fourth-order valence-electron chi connectivity index (χ4n) is 3.53. The molecule has 146 valence electrons. The maximum absolute atomic E-state index is 12.8. The molecule has 1 N–H and O–H groups in total. The van der Waals surface area contributed by atoms with E-state index < -0.39 is 0 Å². The zero-order valence-electron chi connectivity index (χ0n) is 16.3. The van der Waals surface area contributed by atoms with Gasteiger partial charge in [-0.15, -0.1) is 11.3 Å². The third kappa shape index (κ3) is 3.34. The summed E-state index contributed by atoms with van der Waals surface area (Å²) in [5.41, 5.74) is 2.86. The van der Waals surface area contributed by atoms with Gasteiger partial charge < -0.3 is 14.7 Å². The molecule has 2 aromatic carbocycles. The van der Waals surface area contributed by atoms with E-state index >= 15 is 0 Å². The maximum Gasteiger partial charge on any atom is 0.240 e. The van der Waals surface area contributed by atoms with Gasteiger partial charge in [0.25, 0.3) is 0 Å². The van der Waals surface area contributed by atoms with Crippen LogP contribution < -0.4 is 4.74 Å². The van der Waals surface area contributed by atoms with Gasteiger partial charge in [0.2, 0.25) is 5.91 Å². The molecule has 1 aromatic heterocycles. The first-order chi connectivity index (χ1) is 13.5. The zero-order valence-corrected chi connectivity index (χ0v) is 17.1. The summed E-state index contributed by atoms with van der Waals surface area (Å²) in [4.78, 5) is 16.6. The summed E-state index contributed by atoms with van der Waals surface area (Å²) in [6.07, 6.45) is 0. The molecule has 1 amide bonds. The highest BCUT2D eigenvalue weighted by Crippen LogP contribution is 2.41. The molecule has 6 heteroatoms. The number of carbonyl (C=O) groups excluding carboxylic acids is 1. The predicted octanol–water partition coefficient (Wildman–Crippen LogP) is 3.95. The summed E-state index contributed by atoms with van der Waals surface area (Å²) < 4.78 is 7.01. The van der Waals surface area contributed by atoms with Crippen molar-refractivity contribution in [1.82, 2.24) is 9.80 Å². The number of fused-ring (bicyclic) bond motifs is 2. The van der Waals surface area contributed by atoms with Crippen LogP contribution in [-0.4, -0.2) is 54.1 Å². The third-order valence-corrected chi connectivity index (χ3v) is 6.31. The Kier molecular flexibility index (Phi) is 5.00. The van der Waals surface area contributed by atoms with Crippen molar-refractivity contribution in [3.05, 3.63) is 47.3 Å². The lowest BCUT2D eigenvalue weighted by atomic mass is 10.0. The molecular weight excluding hydrogens is 372 g/mol. The van der Waals surface area contributed by atoms with Crippen molar-refractivity contribution in [1.29, 1.82) is 0 Å². The van der Waals surface area contributed by atoms with Crippen LogP contribution in [0, 0.1) is 0 Å². The average Bonchev–Trinajstić information content (AvgIpc) is 2.99. The molecule has 0 aliphatic carbocycles. The van der Waals surface area contributed by atoms with Gasteiger partial charge in [0.15, 0.2) is 11.5 Å². The first-order valence-corrected chi connectivity index (χ1v) is 10.2. The minimum atomic E-state index is -0.209. The second-order valence-electron chi connectivity index (χ2n) is 7.38. The molecule has 0 spiro atoms. The molecular formula is C22H24N2O3S. The lowest BCUT2D eigenvalue weighted by molar-refractivity contribution is -0.136. The lowest BCUT2D eigenvalue weighted by Gasteiger charge is -2.27. The van der Waals surface area contributed by atoms with E-state index in [4.69, 9.17) is 4.74 Å². The molecule has 0 radical (unpaired) electrons. The van der Waals surface area contributed by atoms with Gasteiger partial charge in [-0.3, -0.25) is 9.69 Å². The topological polar surface area (TPSA) is 53.0 Å². The number of benzene rings is 2. The van der Waals surface area contributed by atoms with Gasteiger partial charge >= 0.3 is 0 Å². The lowest BCUT2D eigenvalue weighted by Crippen LogP contribution is -2.44. The molecule has 3 aromatic rings. The summed E-state index contributed by atoms with van der Waals surface area (Å²) in [5.74, 6) is 0.668. The molecule has 1 aliphatic heterocycles. The quantitative estimate of drug-likeness (QED) is 0.728. The molecule has 0 bridgehead atoms. The number of ether oxygens (including phenoxy) is 1. The van der Waals surface area contributed by atoms with Crippen molar-refractivity contribution >= 4 is 27.3 Å². The van der Waals surface area contributed by atoms with Crippen LogP contribution in [0.15, 0.2) is 41.8 Å². The van der Waals surface area contributed by atoms with E-state index in [2.05, 4.69) is 17.5 Å². The second-order valence-corrected chi connectivity index (χ2v) is 8.29. The van der Waals surface area contributed by atoms with Crippen molar-refractivity contribution in [3.63, 3.8) is 0 Å². The van der Waals surface area contributed by atoms with E-state index in [-0.39, 0.29) is 17.7 Å². The number of phenols is 1. The van der Waals surface area contributed by atoms with Gasteiger partial charge in [-0.25, -0.2) is 0 Å². The Morgan fingerprint density at radius 1 is 1.29 bits per heavy atom. The van der Waals surface area contributed by atoms with Crippen LogP contribution in [0.5, 0.6) is 11.5 Å². The Morgan fingerprint density at radius 3 is 2.86 bits per heavy atom. The van der Waals surface area contributed by atoms with Crippen molar-refractivity contribution in [3.8, 4) is 22.6 Å². The van der Waals surface area contributed by atoms with Crippen LogP contribution in [0.25, 0.3) is 21.2 Å². The number of carbonyl (C=O) groups is 1. The zero-order chi connectivity index (χ0) is 19.8. The van der Waals surface area contributed by atoms with E-state index in [1.165, 1.54) is 4.70 Å². The molecule has 2 heterocycles. The summed E-state index contributed by atoms with van der Waals surface area (Å²) in [6, 6.07) is 11.8. The molecule has 28 heavy (non-hydrogen) atoms. The second kappa shape index (κ2) is 7.45. The fourth-order valence-corrected chi connectivity index (χ4v) is 4.50.